The van der Waals surface area contributed by atoms with Crippen LogP contribution in [0.15, 0.2) is 59.5 Å². The van der Waals surface area contributed by atoms with Crippen LogP contribution >= 0.6 is 7.82 Å². The van der Waals surface area contributed by atoms with Gasteiger partial charge in [0, 0.05) is 18.0 Å². The van der Waals surface area contributed by atoms with Crippen molar-refractivity contribution in [2.24, 2.45) is 0 Å². The molecule has 0 saturated heterocycles. The van der Waals surface area contributed by atoms with Crippen LogP contribution in [0.4, 0.5) is 23.2 Å². The Kier molecular flexibility index (Phi) is 8.32. The SMILES string of the molecule is [B]C([B])([B])c1cc(F)ccc1Oc1cc(C(F)(F)F)ccc1C(=O)Nc1ccn(COP(=O)(O)O)c(=O)c1. The number of rotatable bonds is 8. The molecule has 0 unspecified atom stereocenters. The fourth-order valence-electron chi connectivity index (χ4n) is 3.05. The van der Waals surface area contributed by atoms with Crippen LogP contribution in [-0.2, 0) is 27.1 Å². The van der Waals surface area contributed by atoms with Crippen molar-refractivity contribution in [2.75, 3.05) is 5.32 Å². The first kappa shape index (κ1) is 29.2. The fourth-order valence-corrected chi connectivity index (χ4v) is 3.32. The summed E-state index contributed by atoms with van der Waals surface area (Å²) in [5.74, 6) is -2.79. The van der Waals surface area contributed by atoms with Crippen molar-refractivity contribution in [1.29, 1.82) is 0 Å². The molecule has 0 saturated carbocycles. The van der Waals surface area contributed by atoms with E-state index in [0.717, 1.165) is 47.2 Å². The zero-order chi connectivity index (χ0) is 28.5. The number of ether oxygens (including phenoxy) is 1. The lowest BCUT2D eigenvalue weighted by Gasteiger charge is -2.24. The number of carbonyl (C=O) groups is 1. The third-order valence-electron chi connectivity index (χ3n) is 4.80. The topological polar surface area (TPSA) is 127 Å². The minimum Gasteiger partial charge on any atom is -0.456 e. The predicted octanol–water partition coefficient (Wildman–Crippen LogP) is 2.73. The maximum Gasteiger partial charge on any atom is 0.471 e. The van der Waals surface area contributed by atoms with Crippen LogP contribution < -0.4 is 15.6 Å². The van der Waals surface area contributed by atoms with Crippen molar-refractivity contribution in [1.82, 2.24) is 4.57 Å². The molecule has 17 heteroatoms. The van der Waals surface area contributed by atoms with Gasteiger partial charge in [0.2, 0.25) is 0 Å². The summed E-state index contributed by atoms with van der Waals surface area (Å²) in [5, 5.41) is 0.137. The van der Waals surface area contributed by atoms with Crippen LogP contribution in [0.1, 0.15) is 21.5 Å². The van der Waals surface area contributed by atoms with E-state index < -0.39 is 60.0 Å². The van der Waals surface area contributed by atoms with Crippen molar-refractivity contribution in [3.05, 3.63) is 87.6 Å². The van der Waals surface area contributed by atoms with E-state index in [0.29, 0.717) is 12.1 Å². The third-order valence-corrected chi connectivity index (χ3v) is 5.25. The monoisotopic (exact) mass is 546 g/mol. The van der Waals surface area contributed by atoms with Gasteiger partial charge in [0.25, 0.3) is 11.5 Å². The van der Waals surface area contributed by atoms with E-state index >= 15 is 0 Å². The summed E-state index contributed by atoms with van der Waals surface area (Å²) >= 11 is 0. The molecule has 9 nitrogen and oxygen atoms in total. The Bertz CT molecular complexity index is 1470. The maximum absolute atomic E-state index is 13.7. The second-order valence-electron chi connectivity index (χ2n) is 7.81. The van der Waals surface area contributed by atoms with Crippen LogP contribution in [0.5, 0.6) is 11.5 Å². The van der Waals surface area contributed by atoms with Gasteiger partial charge >= 0.3 is 14.0 Å². The number of phosphoric acid groups is 1. The molecule has 0 spiro atoms. The number of carbonyl (C=O) groups excluding carboxylic acids is 1. The largest absolute Gasteiger partial charge is 0.471 e. The molecule has 0 aliphatic carbocycles. The number of phosphoric ester groups is 1. The molecule has 3 aromatic rings. The third kappa shape index (κ3) is 7.61. The number of halogens is 4. The molecule has 38 heavy (non-hydrogen) atoms. The fraction of sp³-hybridized carbons (Fsp3) is 0.143. The van der Waals surface area contributed by atoms with E-state index in [1.54, 1.807) is 0 Å². The van der Waals surface area contributed by atoms with Crippen molar-refractivity contribution >= 4 is 43.0 Å². The molecule has 1 heterocycles. The van der Waals surface area contributed by atoms with Crippen molar-refractivity contribution in [2.45, 2.75) is 18.0 Å². The molecule has 0 aliphatic rings. The van der Waals surface area contributed by atoms with Gasteiger partial charge in [-0.3, -0.25) is 18.7 Å². The van der Waals surface area contributed by atoms with Gasteiger partial charge in [-0.2, -0.15) is 13.2 Å². The molecule has 192 valence electrons. The highest BCUT2D eigenvalue weighted by Crippen LogP contribution is 2.38. The van der Waals surface area contributed by atoms with Gasteiger partial charge in [-0.25, -0.2) is 8.96 Å². The number of anilines is 1. The van der Waals surface area contributed by atoms with Crippen LogP contribution in [0.3, 0.4) is 0 Å². The van der Waals surface area contributed by atoms with Crippen molar-refractivity contribution in [3.8, 4) is 11.5 Å². The van der Waals surface area contributed by atoms with Gasteiger partial charge in [0.05, 0.1) is 34.7 Å². The molecular weight excluding hydrogens is 532 g/mol. The van der Waals surface area contributed by atoms with Gasteiger partial charge in [0.15, 0.2) is 0 Å². The smallest absolute Gasteiger partial charge is 0.456 e. The highest BCUT2D eigenvalue weighted by molar-refractivity contribution is 7.46. The highest BCUT2D eigenvalue weighted by atomic mass is 31.2. The molecule has 3 rings (SSSR count). The second-order valence-corrected chi connectivity index (χ2v) is 9.05. The molecular formula is C21H14B3F4N2O7P. The number of benzene rings is 2. The number of hydrogen-bond acceptors (Lipinski definition) is 5. The van der Waals surface area contributed by atoms with Crippen LogP contribution in [0.2, 0.25) is 0 Å². The van der Waals surface area contributed by atoms with E-state index in [1.165, 1.54) is 0 Å². The van der Waals surface area contributed by atoms with E-state index in [1.807, 2.05) is 0 Å². The normalized spacial score (nSPS) is 12.3. The molecule has 1 amide bonds. The Morgan fingerprint density at radius 1 is 1.03 bits per heavy atom. The summed E-state index contributed by atoms with van der Waals surface area (Å²) in [6, 6.07) is 6.71. The highest BCUT2D eigenvalue weighted by Gasteiger charge is 2.32. The minimum atomic E-state index is -4.86. The van der Waals surface area contributed by atoms with Gasteiger partial charge in [-0.05, 0) is 48.0 Å². The van der Waals surface area contributed by atoms with E-state index in [2.05, 4.69) is 9.84 Å². The van der Waals surface area contributed by atoms with Gasteiger partial charge in [-0.1, -0.05) is 0 Å². The Labute approximate surface area is 216 Å². The lowest BCUT2D eigenvalue weighted by atomic mass is 9.40. The predicted molar refractivity (Wildman–Crippen MR) is 129 cm³/mol. The Hall–Kier alpha value is -3.32. The molecule has 3 N–H and O–H groups in total. The molecule has 0 aliphatic heterocycles. The average molecular weight is 546 g/mol. The number of aromatic nitrogens is 1. The first-order valence-corrected chi connectivity index (χ1v) is 11.7. The number of alkyl halides is 3. The van der Waals surface area contributed by atoms with Crippen molar-refractivity contribution in [3.63, 3.8) is 0 Å². The minimum absolute atomic E-state index is 0.120. The van der Waals surface area contributed by atoms with E-state index in [9.17, 15) is 31.7 Å². The van der Waals surface area contributed by atoms with Crippen LogP contribution in [0, 0.1) is 5.82 Å². The molecule has 0 atom stereocenters. The lowest BCUT2D eigenvalue weighted by Crippen LogP contribution is -2.27. The van der Waals surface area contributed by atoms with Crippen LogP contribution in [0.25, 0.3) is 0 Å². The molecule has 2 aromatic carbocycles. The summed E-state index contributed by atoms with van der Waals surface area (Å²) in [4.78, 5) is 42.6. The van der Waals surface area contributed by atoms with Gasteiger partial charge < -0.3 is 19.8 Å². The summed E-state index contributed by atoms with van der Waals surface area (Å²) in [7, 11) is 12.0. The first-order valence-electron chi connectivity index (χ1n) is 10.2. The number of nitrogens with one attached hydrogen (secondary N) is 1. The van der Waals surface area contributed by atoms with Gasteiger partial charge in [-0.15, -0.1) is 5.11 Å². The quantitative estimate of drug-likeness (QED) is 0.226. The van der Waals surface area contributed by atoms with Crippen molar-refractivity contribution < 1.29 is 46.0 Å². The lowest BCUT2D eigenvalue weighted by molar-refractivity contribution is -0.137. The summed E-state index contributed by atoms with van der Waals surface area (Å²) in [6.07, 6.45) is -3.77. The molecule has 0 bridgehead atoms. The zero-order valence-electron chi connectivity index (χ0n) is 19.0. The average Bonchev–Trinajstić information content (AvgIpc) is 2.77. The van der Waals surface area contributed by atoms with E-state index in [4.69, 9.17) is 38.1 Å². The second kappa shape index (κ2) is 10.8. The van der Waals surface area contributed by atoms with Gasteiger partial charge in [0.1, 0.15) is 24.0 Å². The zero-order valence-corrected chi connectivity index (χ0v) is 19.9. The summed E-state index contributed by atoms with van der Waals surface area (Å²) in [5.41, 5.74) is -2.88. The van der Waals surface area contributed by atoms with E-state index in [-0.39, 0.29) is 17.0 Å². The summed E-state index contributed by atoms with van der Waals surface area (Å²) < 4.78 is 75.1. The number of pyridine rings is 1. The van der Waals surface area contributed by atoms with Crippen LogP contribution in [-0.4, -0.2) is 43.8 Å². The number of nitrogens with zero attached hydrogens (tertiary/aromatic N) is 1. The Balaban J connectivity index is 1.97. The summed E-state index contributed by atoms with van der Waals surface area (Å²) in [6.45, 7) is -0.793. The standard InChI is InChI=1S/C21H14B3F4N2O7P/c22-20(23,24)15-8-12(25)2-4-16(15)37-17-7-11(21(26,27)28)1-3-14(17)19(32)29-13-5-6-30(18(31)9-13)10-36-38(33,34)35/h1-9H,10H2,(H,29,32)(H2,33,34,35). The Morgan fingerprint density at radius 3 is 2.29 bits per heavy atom. The Morgan fingerprint density at radius 2 is 1.71 bits per heavy atom. The molecule has 1 aromatic heterocycles. The maximum atomic E-state index is 13.7. The molecule has 6 radical (unpaired) electrons. The number of amides is 1. The molecule has 0 fully saturated rings. The number of hydrogen-bond donors (Lipinski definition) is 3. The first-order chi connectivity index (χ1) is 17.4.